The van der Waals surface area contributed by atoms with Crippen LogP contribution in [0.3, 0.4) is 0 Å². The van der Waals surface area contributed by atoms with E-state index >= 15 is 0 Å². The van der Waals surface area contributed by atoms with E-state index in [0.29, 0.717) is 50.1 Å². The maximum atomic E-state index is 9.97. The number of fused-ring (bicyclic) bond motifs is 2. The number of imidazole rings is 1. The molecule has 0 fully saturated rings. The zero-order valence-corrected chi connectivity index (χ0v) is 19.2. The number of aromatic nitrogens is 4. The summed E-state index contributed by atoms with van der Waals surface area (Å²) >= 11 is 2.78. The standard InChI is InChI=1S/C21H20N4O5S2/c1-4-15(26)19-22-11(10-31-19)9-29-16-5-12(27-2)6-17-13(16)7-18(30-17)14-8-25-20(23-14)32-21(24-25)28-3/h5-8,10,15,26H,4,9H2,1-3H3. The molecule has 0 saturated heterocycles. The van der Waals surface area contributed by atoms with Gasteiger partial charge in [-0.05, 0) is 23.8 Å². The molecule has 1 unspecified atom stereocenters. The van der Waals surface area contributed by atoms with E-state index in [9.17, 15) is 5.11 Å². The highest BCUT2D eigenvalue weighted by Gasteiger charge is 2.18. The lowest BCUT2D eigenvalue weighted by Gasteiger charge is -2.08. The zero-order valence-electron chi connectivity index (χ0n) is 17.6. The Bertz CT molecular complexity index is 1350. The quantitative estimate of drug-likeness (QED) is 0.347. The van der Waals surface area contributed by atoms with Crippen LogP contribution in [-0.4, -0.2) is 38.9 Å². The molecule has 0 aliphatic rings. The topological polar surface area (TPSA) is 104 Å². The van der Waals surface area contributed by atoms with Gasteiger partial charge >= 0.3 is 0 Å². The van der Waals surface area contributed by atoms with Crippen molar-refractivity contribution in [1.82, 2.24) is 19.6 Å². The Kier molecular flexibility index (Phi) is 5.45. The van der Waals surface area contributed by atoms with E-state index in [1.165, 1.54) is 22.7 Å². The van der Waals surface area contributed by atoms with Crippen molar-refractivity contribution < 1.29 is 23.7 Å². The number of rotatable bonds is 8. The van der Waals surface area contributed by atoms with Crippen LogP contribution in [-0.2, 0) is 6.61 Å². The number of hydrogen-bond acceptors (Lipinski definition) is 10. The van der Waals surface area contributed by atoms with Gasteiger partial charge in [0.05, 0.1) is 31.5 Å². The molecule has 1 aromatic carbocycles. The third-order valence-electron chi connectivity index (χ3n) is 4.88. The number of hydrogen-bond donors (Lipinski definition) is 1. The van der Waals surface area contributed by atoms with E-state index in [0.717, 1.165) is 11.1 Å². The molecule has 9 nitrogen and oxygen atoms in total. The maximum Gasteiger partial charge on any atom is 0.294 e. The lowest BCUT2D eigenvalue weighted by Crippen LogP contribution is -1.99. The number of ether oxygens (including phenoxy) is 3. The fraction of sp³-hybridized carbons (Fsp3) is 0.286. The van der Waals surface area contributed by atoms with Crippen LogP contribution in [0, 0.1) is 0 Å². The first kappa shape index (κ1) is 20.7. The van der Waals surface area contributed by atoms with Crippen molar-refractivity contribution in [3.63, 3.8) is 0 Å². The molecular formula is C21H20N4O5S2. The van der Waals surface area contributed by atoms with Crippen molar-refractivity contribution in [1.29, 1.82) is 0 Å². The van der Waals surface area contributed by atoms with Crippen molar-refractivity contribution >= 4 is 38.6 Å². The largest absolute Gasteiger partial charge is 0.496 e. The normalized spacial score (nSPS) is 12.5. The molecule has 0 aliphatic carbocycles. The summed E-state index contributed by atoms with van der Waals surface area (Å²) in [5.41, 5.74) is 2.04. The molecule has 1 N–H and O–H groups in total. The molecule has 0 bridgehead atoms. The summed E-state index contributed by atoms with van der Waals surface area (Å²) < 4.78 is 24.4. The van der Waals surface area contributed by atoms with E-state index in [-0.39, 0.29) is 6.61 Å². The van der Waals surface area contributed by atoms with Crippen molar-refractivity contribution in [3.05, 3.63) is 40.5 Å². The van der Waals surface area contributed by atoms with Gasteiger partial charge in [0.25, 0.3) is 5.19 Å². The lowest BCUT2D eigenvalue weighted by atomic mass is 10.2. The summed E-state index contributed by atoms with van der Waals surface area (Å²) in [5.74, 6) is 1.82. The van der Waals surface area contributed by atoms with Gasteiger partial charge in [-0.15, -0.1) is 16.4 Å². The minimum atomic E-state index is -0.548. The number of furan rings is 1. The highest BCUT2D eigenvalue weighted by Crippen LogP contribution is 2.37. The van der Waals surface area contributed by atoms with Crippen LogP contribution in [0.25, 0.3) is 27.4 Å². The van der Waals surface area contributed by atoms with Gasteiger partial charge < -0.3 is 23.7 Å². The van der Waals surface area contributed by atoms with Crippen LogP contribution in [0.5, 0.6) is 16.7 Å². The van der Waals surface area contributed by atoms with Crippen LogP contribution < -0.4 is 14.2 Å². The van der Waals surface area contributed by atoms with Gasteiger partial charge in [-0.2, -0.15) is 0 Å². The molecule has 0 saturated carbocycles. The summed E-state index contributed by atoms with van der Waals surface area (Å²) in [4.78, 5) is 9.75. The Morgan fingerprint density at radius 2 is 2.06 bits per heavy atom. The summed E-state index contributed by atoms with van der Waals surface area (Å²) in [7, 11) is 3.17. The fourth-order valence-electron chi connectivity index (χ4n) is 3.20. The highest BCUT2D eigenvalue weighted by atomic mass is 32.1. The van der Waals surface area contributed by atoms with E-state index < -0.39 is 6.10 Å². The number of aliphatic hydroxyl groups is 1. The Morgan fingerprint density at radius 1 is 1.19 bits per heavy atom. The second-order valence-corrected chi connectivity index (χ2v) is 8.77. The molecule has 4 heterocycles. The van der Waals surface area contributed by atoms with Crippen LogP contribution in [0.2, 0.25) is 0 Å². The van der Waals surface area contributed by atoms with Gasteiger partial charge in [0.15, 0.2) is 5.76 Å². The smallest absolute Gasteiger partial charge is 0.294 e. The Balaban J connectivity index is 1.45. The van der Waals surface area contributed by atoms with Crippen molar-refractivity contribution in [2.75, 3.05) is 14.2 Å². The summed E-state index contributed by atoms with van der Waals surface area (Å²) in [6.45, 7) is 2.18. The first-order chi connectivity index (χ1) is 15.6. The molecule has 11 heteroatoms. The molecule has 0 aliphatic heterocycles. The Hall–Kier alpha value is -3.15. The Morgan fingerprint density at radius 3 is 2.81 bits per heavy atom. The average molecular weight is 473 g/mol. The van der Waals surface area contributed by atoms with E-state index in [1.807, 2.05) is 30.5 Å². The third kappa shape index (κ3) is 3.78. The van der Waals surface area contributed by atoms with Gasteiger partial charge in [-0.1, -0.05) is 6.92 Å². The molecule has 0 radical (unpaired) electrons. The van der Waals surface area contributed by atoms with Gasteiger partial charge in [0, 0.05) is 17.5 Å². The molecule has 5 rings (SSSR count). The third-order valence-corrected chi connectivity index (χ3v) is 6.76. The van der Waals surface area contributed by atoms with E-state index in [4.69, 9.17) is 18.6 Å². The van der Waals surface area contributed by atoms with Crippen LogP contribution in [0.1, 0.15) is 30.2 Å². The number of benzene rings is 1. The summed E-state index contributed by atoms with van der Waals surface area (Å²) in [6.07, 6.45) is 1.86. The zero-order chi connectivity index (χ0) is 22.2. The van der Waals surface area contributed by atoms with Crippen molar-refractivity contribution in [3.8, 4) is 28.1 Å². The molecular weight excluding hydrogens is 452 g/mol. The maximum absolute atomic E-state index is 9.97. The van der Waals surface area contributed by atoms with E-state index in [2.05, 4.69) is 15.1 Å². The number of aliphatic hydroxyl groups excluding tert-OH is 1. The van der Waals surface area contributed by atoms with Crippen LogP contribution in [0.15, 0.2) is 34.2 Å². The van der Waals surface area contributed by atoms with Crippen LogP contribution >= 0.6 is 22.7 Å². The van der Waals surface area contributed by atoms with Gasteiger partial charge in [-0.25, -0.2) is 14.5 Å². The van der Waals surface area contributed by atoms with Crippen molar-refractivity contribution in [2.45, 2.75) is 26.1 Å². The van der Waals surface area contributed by atoms with Gasteiger partial charge in [0.2, 0.25) is 4.96 Å². The first-order valence-electron chi connectivity index (χ1n) is 9.85. The van der Waals surface area contributed by atoms with Gasteiger partial charge in [-0.3, -0.25) is 0 Å². The molecule has 0 amide bonds. The van der Waals surface area contributed by atoms with E-state index in [1.54, 1.807) is 24.9 Å². The molecule has 166 valence electrons. The predicted molar refractivity (Wildman–Crippen MR) is 121 cm³/mol. The van der Waals surface area contributed by atoms with Crippen molar-refractivity contribution in [2.24, 2.45) is 0 Å². The minimum Gasteiger partial charge on any atom is -0.496 e. The highest BCUT2D eigenvalue weighted by molar-refractivity contribution is 7.18. The summed E-state index contributed by atoms with van der Waals surface area (Å²) in [6, 6.07) is 5.51. The number of thiazole rings is 1. The second kappa shape index (κ2) is 8.41. The molecule has 1 atom stereocenters. The molecule has 5 aromatic rings. The number of methoxy groups -OCH3 is 2. The Labute approximate surface area is 190 Å². The molecule has 4 aromatic heterocycles. The summed E-state index contributed by atoms with van der Waals surface area (Å²) in [5, 5.41) is 18.2. The monoisotopic (exact) mass is 472 g/mol. The SMILES string of the molecule is CCC(O)c1nc(COc2cc(OC)cc3oc(-c4cn5nc(OC)sc5n4)cc23)cs1. The lowest BCUT2D eigenvalue weighted by molar-refractivity contribution is 0.172. The minimum absolute atomic E-state index is 0.264. The van der Waals surface area contributed by atoms with Gasteiger partial charge in [0.1, 0.15) is 40.5 Å². The first-order valence-corrected chi connectivity index (χ1v) is 11.5. The molecule has 32 heavy (non-hydrogen) atoms. The fourth-order valence-corrected chi connectivity index (χ4v) is 4.77. The molecule has 0 spiro atoms. The second-order valence-electron chi connectivity index (χ2n) is 6.96. The predicted octanol–water partition coefficient (Wildman–Crippen LogP) is 4.70. The van der Waals surface area contributed by atoms with Crippen LogP contribution in [0.4, 0.5) is 0 Å². The number of nitrogens with zero attached hydrogens (tertiary/aromatic N) is 4. The average Bonchev–Trinajstić information content (AvgIpc) is 3.58.